The summed E-state index contributed by atoms with van der Waals surface area (Å²) < 4.78 is 5.42. The zero-order chi connectivity index (χ0) is 19.3. The summed E-state index contributed by atoms with van der Waals surface area (Å²) >= 11 is 1.36. The third-order valence-corrected chi connectivity index (χ3v) is 5.41. The molecule has 2 aromatic rings. The van der Waals surface area contributed by atoms with E-state index in [1.54, 1.807) is 11.6 Å². The fourth-order valence-electron chi connectivity index (χ4n) is 3.18. The summed E-state index contributed by atoms with van der Waals surface area (Å²) in [7, 11) is 0. The number of carbonyl (C=O) groups is 2. The maximum atomic E-state index is 12.4. The van der Waals surface area contributed by atoms with Gasteiger partial charge in [0.05, 0.1) is 6.42 Å². The molecule has 142 valence electrons. The number of nitrogens with one attached hydrogen (secondary N) is 2. The van der Waals surface area contributed by atoms with Gasteiger partial charge in [0.1, 0.15) is 5.84 Å². The molecule has 8 heteroatoms. The molecule has 4 N–H and O–H groups in total. The number of nitrogens with two attached hydrogens (primary N) is 1. The monoisotopic (exact) mass is 386 g/mol. The molecule has 1 aliphatic rings. The van der Waals surface area contributed by atoms with Crippen LogP contribution in [0.3, 0.4) is 0 Å². The van der Waals surface area contributed by atoms with Crippen molar-refractivity contribution in [3.63, 3.8) is 0 Å². The Hall–Kier alpha value is -2.74. The van der Waals surface area contributed by atoms with E-state index >= 15 is 0 Å². The number of nitrogens with zero attached hydrogens (tertiary/aromatic N) is 1. The Bertz CT molecular complexity index is 837. The number of unbranched alkanes of at least 4 members (excludes halogenated alkanes) is 1. The highest BCUT2D eigenvalue weighted by Gasteiger charge is 2.45. The first-order valence-corrected chi connectivity index (χ1v) is 9.73. The quantitative estimate of drug-likeness (QED) is 0.279. The van der Waals surface area contributed by atoms with Gasteiger partial charge in [-0.15, -0.1) is 11.3 Å². The van der Waals surface area contributed by atoms with Crippen LogP contribution >= 0.6 is 11.3 Å². The fraction of sp³-hybridized carbons (Fsp3) is 0.368. The summed E-state index contributed by atoms with van der Waals surface area (Å²) in [5, 5.41) is 12.9. The molecule has 0 bridgehead atoms. The first-order chi connectivity index (χ1) is 13.0. The topological polar surface area (TPSA) is 118 Å². The summed E-state index contributed by atoms with van der Waals surface area (Å²) in [6.07, 6.45) is 4.84. The highest BCUT2D eigenvalue weighted by Crippen LogP contribution is 2.35. The van der Waals surface area contributed by atoms with Crippen molar-refractivity contribution in [2.45, 2.75) is 44.2 Å². The van der Waals surface area contributed by atoms with Crippen LogP contribution < -0.4 is 11.1 Å². The summed E-state index contributed by atoms with van der Waals surface area (Å²) in [6, 6.07) is 7.55. The third kappa shape index (κ3) is 4.51. The predicted octanol–water partition coefficient (Wildman–Crippen LogP) is 2.45. The third-order valence-electron chi connectivity index (χ3n) is 4.50. The van der Waals surface area contributed by atoms with Crippen molar-refractivity contribution in [3.8, 4) is 0 Å². The molecule has 1 unspecified atom stereocenters. The van der Waals surface area contributed by atoms with E-state index in [1.807, 2.05) is 24.3 Å². The Morgan fingerprint density at radius 3 is 2.85 bits per heavy atom. The van der Waals surface area contributed by atoms with Crippen LogP contribution in [0.1, 0.15) is 48.2 Å². The minimum absolute atomic E-state index is 0.0526. The molecule has 1 atom stereocenters. The number of aryl methyl sites for hydroxylation is 1. The second kappa shape index (κ2) is 8.30. The lowest BCUT2D eigenvalue weighted by atomic mass is 10.0. The van der Waals surface area contributed by atoms with Crippen LogP contribution in [-0.2, 0) is 26.5 Å². The molecule has 0 saturated carbocycles. The van der Waals surface area contributed by atoms with E-state index in [9.17, 15) is 9.59 Å². The number of ether oxygens (including phenoxy) is 1. The number of amidine groups is 1. The summed E-state index contributed by atoms with van der Waals surface area (Å²) in [5.41, 5.74) is 6.23. The van der Waals surface area contributed by atoms with Crippen LogP contribution in [-0.4, -0.2) is 22.7 Å². The zero-order valence-corrected chi connectivity index (χ0v) is 15.7. The maximum Gasteiger partial charge on any atom is 0.308 e. The van der Waals surface area contributed by atoms with Crippen molar-refractivity contribution in [1.82, 2.24) is 10.3 Å². The minimum atomic E-state index is -1.12. The van der Waals surface area contributed by atoms with Crippen molar-refractivity contribution >= 4 is 29.0 Å². The molecule has 3 rings (SSSR count). The van der Waals surface area contributed by atoms with Gasteiger partial charge >= 0.3 is 5.97 Å². The smallest absolute Gasteiger partial charge is 0.308 e. The lowest BCUT2D eigenvalue weighted by molar-refractivity contribution is -0.154. The number of rotatable bonds is 8. The van der Waals surface area contributed by atoms with Gasteiger partial charge in [-0.3, -0.25) is 15.0 Å². The van der Waals surface area contributed by atoms with Crippen molar-refractivity contribution in [1.29, 1.82) is 5.41 Å². The number of cyclic esters (lactones) is 1. The van der Waals surface area contributed by atoms with Gasteiger partial charge in [0.15, 0.2) is 5.01 Å². The number of amides is 1. The van der Waals surface area contributed by atoms with Gasteiger partial charge in [-0.1, -0.05) is 24.3 Å². The number of aromatic nitrogens is 1. The Balaban J connectivity index is 1.53. The highest BCUT2D eigenvalue weighted by atomic mass is 32.1. The highest BCUT2D eigenvalue weighted by molar-refractivity contribution is 7.09. The Morgan fingerprint density at radius 2 is 2.19 bits per heavy atom. The van der Waals surface area contributed by atoms with Crippen LogP contribution in [0.4, 0.5) is 0 Å². The van der Waals surface area contributed by atoms with Crippen molar-refractivity contribution in [2.24, 2.45) is 5.73 Å². The Labute approximate surface area is 161 Å². The average Bonchev–Trinajstić information content (AvgIpc) is 3.30. The molecule has 1 saturated heterocycles. The molecule has 1 aromatic carbocycles. The van der Waals surface area contributed by atoms with E-state index in [-0.39, 0.29) is 24.1 Å². The van der Waals surface area contributed by atoms with Crippen LogP contribution in [0.2, 0.25) is 0 Å². The molecule has 2 heterocycles. The molecule has 1 aliphatic heterocycles. The zero-order valence-electron chi connectivity index (χ0n) is 14.9. The number of carbonyl (C=O) groups excluding carboxylic acids is 2. The molecular weight excluding hydrogens is 364 g/mol. The van der Waals surface area contributed by atoms with Gasteiger partial charge < -0.3 is 15.8 Å². The first kappa shape index (κ1) is 19.0. The summed E-state index contributed by atoms with van der Waals surface area (Å²) in [6.45, 7) is 0. The van der Waals surface area contributed by atoms with E-state index in [1.165, 1.54) is 11.3 Å². The lowest BCUT2D eigenvalue weighted by Crippen LogP contribution is -2.45. The number of benzene rings is 1. The molecule has 1 amide bonds. The number of thiazole rings is 1. The first-order valence-electron chi connectivity index (χ1n) is 8.85. The number of hydrogen-bond acceptors (Lipinski definition) is 6. The second-order valence-corrected chi connectivity index (χ2v) is 7.36. The average molecular weight is 386 g/mol. The van der Waals surface area contributed by atoms with Crippen LogP contribution in [0.5, 0.6) is 0 Å². The molecule has 0 radical (unpaired) electrons. The van der Waals surface area contributed by atoms with Crippen LogP contribution in [0.15, 0.2) is 35.8 Å². The lowest BCUT2D eigenvalue weighted by Gasteiger charge is -2.26. The molecule has 7 nitrogen and oxygen atoms in total. The molecule has 0 aliphatic carbocycles. The van der Waals surface area contributed by atoms with Crippen molar-refractivity contribution < 1.29 is 14.3 Å². The van der Waals surface area contributed by atoms with Crippen molar-refractivity contribution in [3.05, 3.63) is 52.0 Å². The van der Waals surface area contributed by atoms with Crippen LogP contribution in [0.25, 0.3) is 0 Å². The normalized spacial score (nSPS) is 18.9. The minimum Gasteiger partial charge on any atom is -0.432 e. The second-order valence-electron chi connectivity index (χ2n) is 6.46. The SMILES string of the molecule is N=C(N)c1ccccc1CCCCC(=O)NC1(c2nccs2)CCC(=O)O1. The van der Waals surface area contributed by atoms with Gasteiger partial charge in [-0.25, -0.2) is 4.98 Å². The fourth-order valence-corrected chi connectivity index (χ4v) is 3.94. The van der Waals surface area contributed by atoms with E-state index < -0.39 is 5.72 Å². The molecule has 1 aromatic heterocycles. The Kier molecular flexibility index (Phi) is 5.85. The summed E-state index contributed by atoms with van der Waals surface area (Å²) in [4.78, 5) is 28.2. The van der Waals surface area contributed by atoms with E-state index in [2.05, 4.69) is 10.3 Å². The van der Waals surface area contributed by atoms with Crippen molar-refractivity contribution in [2.75, 3.05) is 0 Å². The molecule has 1 fully saturated rings. The number of esters is 1. The van der Waals surface area contributed by atoms with Gasteiger partial charge in [0.25, 0.3) is 0 Å². The number of nitrogen functional groups attached to an aromatic ring is 1. The van der Waals surface area contributed by atoms with E-state index in [0.29, 0.717) is 24.3 Å². The van der Waals surface area contributed by atoms with E-state index in [4.69, 9.17) is 15.9 Å². The van der Waals surface area contributed by atoms with Gasteiger partial charge in [0.2, 0.25) is 11.6 Å². The van der Waals surface area contributed by atoms with Gasteiger partial charge in [-0.05, 0) is 24.8 Å². The van der Waals surface area contributed by atoms with Crippen LogP contribution in [0, 0.1) is 5.41 Å². The maximum absolute atomic E-state index is 12.4. The molecular formula is C19H22N4O3S. The Morgan fingerprint density at radius 1 is 1.37 bits per heavy atom. The van der Waals surface area contributed by atoms with Gasteiger partial charge in [-0.2, -0.15) is 0 Å². The summed E-state index contributed by atoms with van der Waals surface area (Å²) in [5.74, 6) is -0.442. The largest absolute Gasteiger partial charge is 0.432 e. The molecule has 0 spiro atoms. The standard InChI is InChI=1S/C19H22N4O3S/c20-17(21)14-7-3-1-5-13(14)6-2-4-8-15(24)23-19(10-9-16(25)26-19)18-22-11-12-27-18/h1,3,5,7,11-12H,2,4,6,8-10H2,(H3,20,21)(H,23,24). The predicted molar refractivity (Wildman–Crippen MR) is 102 cm³/mol. The number of hydrogen-bond donors (Lipinski definition) is 3. The molecule has 27 heavy (non-hydrogen) atoms. The van der Waals surface area contributed by atoms with E-state index in [0.717, 1.165) is 24.0 Å². The van der Waals surface area contributed by atoms with Gasteiger partial charge in [0, 0.05) is 30.0 Å².